The molecule has 21 heavy (non-hydrogen) atoms. The highest BCUT2D eigenvalue weighted by Crippen LogP contribution is 2.23. The normalized spacial score (nSPS) is 22.9. The summed E-state index contributed by atoms with van der Waals surface area (Å²) in [5.74, 6) is 0.781. The maximum absolute atomic E-state index is 4.67. The van der Waals surface area contributed by atoms with Gasteiger partial charge in [-0.2, -0.15) is 5.10 Å². The Morgan fingerprint density at radius 1 is 1.10 bits per heavy atom. The molecule has 1 saturated carbocycles. The summed E-state index contributed by atoms with van der Waals surface area (Å²) >= 11 is 0. The molecule has 1 heterocycles. The van der Waals surface area contributed by atoms with Crippen LogP contribution in [0.3, 0.4) is 0 Å². The van der Waals surface area contributed by atoms with Gasteiger partial charge in [0.2, 0.25) is 0 Å². The van der Waals surface area contributed by atoms with Crippen LogP contribution in [0.1, 0.15) is 44.7 Å². The predicted octanol–water partition coefficient (Wildman–Crippen LogP) is 3.93. The van der Waals surface area contributed by atoms with Crippen molar-refractivity contribution in [3.63, 3.8) is 0 Å². The van der Waals surface area contributed by atoms with Crippen molar-refractivity contribution in [2.45, 2.75) is 51.6 Å². The van der Waals surface area contributed by atoms with E-state index in [2.05, 4.69) is 35.5 Å². The Kier molecular flexibility index (Phi) is 4.71. The molecule has 2 atom stereocenters. The minimum Gasteiger partial charge on any atom is -0.308 e. The third kappa shape index (κ3) is 3.73. The summed E-state index contributed by atoms with van der Waals surface area (Å²) in [6.45, 7) is 3.25. The van der Waals surface area contributed by atoms with E-state index in [1.54, 1.807) is 0 Å². The van der Waals surface area contributed by atoms with E-state index in [1.807, 2.05) is 29.1 Å². The molecule has 3 heteroatoms. The molecule has 0 aliphatic heterocycles. The van der Waals surface area contributed by atoms with Crippen molar-refractivity contribution >= 4 is 0 Å². The molecule has 0 radical (unpaired) electrons. The Labute approximate surface area is 127 Å². The third-order valence-electron chi connectivity index (χ3n) is 4.57. The summed E-state index contributed by atoms with van der Waals surface area (Å²) in [6, 6.07) is 13.0. The second-order valence-corrected chi connectivity index (χ2v) is 6.19. The van der Waals surface area contributed by atoms with Crippen molar-refractivity contribution in [1.29, 1.82) is 0 Å². The molecule has 1 aromatic heterocycles. The van der Waals surface area contributed by atoms with E-state index >= 15 is 0 Å². The first-order valence-electron chi connectivity index (χ1n) is 8.16. The molecule has 2 unspecified atom stereocenters. The second-order valence-electron chi connectivity index (χ2n) is 6.19. The van der Waals surface area contributed by atoms with Crippen molar-refractivity contribution < 1.29 is 0 Å². The van der Waals surface area contributed by atoms with E-state index in [-0.39, 0.29) is 0 Å². The lowest BCUT2D eigenvalue weighted by atomic mass is 9.97. The van der Waals surface area contributed by atoms with Crippen LogP contribution in [0.4, 0.5) is 0 Å². The van der Waals surface area contributed by atoms with Crippen molar-refractivity contribution in [2.75, 3.05) is 0 Å². The largest absolute Gasteiger partial charge is 0.308 e. The Morgan fingerprint density at radius 2 is 1.90 bits per heavy atom. The molecular formula is C18H25N3. The van der Waals surface area contributed by atoms with Gasteiger partial charge in [-0.05, 0) is 37.0 Å². The van der Waals surface area contributed by atoms with Gasteiger partial charge < -0.3 is 5.32 Å². The lowest BCUT2D eigenvalue weighted by Gasteiger charge is -2.22. The van der Waals surface area contributed by atoms with Crippen molar-refractivity contribution in [2.24, 2.45) is 5.92 Å². The molecule has 1 fully saturated rings. The molecule has 0 saturated heterocycles. The number of hydrogen-bond acceptors (Lipinski definition) is 2. The standard InChI is InChI=1S/C18H25N3/c1-15-8-4-2-7-11-18(15)19-14-16-12-13-21(20-16)17-9-5-3-6-10-17/h3,5-6,9-10,12-13,15,18-19H,2,4,7-8,11,14H2,1H3. The molecule has 0 amide bonds. The first-order chi connectivity index (χ1) is 10.3. The van der Waals surface area contributed by atoms with Crippen LogP contribution in [0.15, 0.2) is 42.6 Å². The first-order valence-corrected chi connectivity index (χ1v) is 8.16. The monoisotopic (exact) mass is 283 g/mol. The predicted molar refractivity (Wildman–Crippen MR) is 86.4 cm³/mol. The quantitative estimate of drug-likeness (QED) is 0.862. The van der Waals surface area contributed by atoms with Crippen LogP contribution in [0.5, 0.6) is 0 Å². The molecule has 1 aromatic carbocycles. The molecule has 112 valence electrons. The first kappa shape index (κ1) is 14.3. The van der Waals surface area contributed by atoms with Crippen LogP contribution in [0.2, 0.25) is 0 Å². The molecule has 1 N–H and O–H groups in total. The third-order valence-corrected chi connectivity index (χ3v) is 4.57. The van der Waals surface area contributed by atoms with Gasteiger partial charge in [0, 0.05) is 18.8 Å². The Hall–Kier alpha value is -1.61. The van der Waals surface area contributed by atoms with E-state index < -0.39 is 0 Å². The Morgan fingerprint density at radius 3 is 2.76 bits per heavy atom. The number of benzene rings is 1. The summed E-state index contributed by atoms with van der Waals surface area (Å²) < 4.78 is 1.95. The van der Waals surface area contributed by atoms with E-state index in [0.717, 1.165) is 23.8 Å². The summed E-state index contributed by atoms with van der Waals surface area (Å²) in [7, 11) is 0. The van der Waals surface area contributed by atoms with Gasteiger partial charge >= 0.3 is 0 Å². The Balaban J connectivity index is 1.60. The fourth-order valence-electron chi connectivity index (χ4n) is 3.21. The zero-order valence-corrected chi connectivity index (χ0v) is 12.8. The number of nitrogens with one attached hydrogen (secondary N) is 1. The smallest absolute Gasteiger partial charge is 0.0766 e. The number of rotatable bonds is 4. The average molecular weight is 283 g/mol. The minimum absolute atomic E-state index is 0.648. The van der Waals surface area contributed by atoms with Crippen LogP contribution in [0, 0.1) is 5.92 Å². The van der Waals surface area contributed by atoms with E-state index in [0.29, 0.717) is 6.04 Å². The summed E-state index contributed by atoms with van der Waals surface area (Å²) in [5, 5.41) is 8.38. The van der Waals surface area contributed by atoms with Gasteiger partial charge in [0.1, 0.15) is 0 Å². The SMILES string of the molecule is CC1CCCCCC1NCc1ccn(-c2ccccc2)n1. The molecule has 2 aromatic rings. The fraction of sp³-hybridized carbons (Fsp3) is 0.500. The van der Waals surface area contributed by atoms with Crippen LogP contribution in [-0.4, -0.2) is 15.8 Å². The van der Waals surface area contributed by atoms with Crippen LogP contribution >= 0.6 is 0 Å². The van der Waals surface area contributed by atoms with E-state index in [1.165, 1.54) is 32.1 Å². The van der Waals surface area contributed by atoms with Gasteiger partial charge in [0.25, 0.3) is 0 Å². The summed E-state index contributed by atoms with van der Waals surface area (Å²) in [4.78, 5) is 0. The molecule has 3 nitrogen and oxygen atoms in total. The topological polar surface area (TPSA) is 29.9 Å². The van der Waals surface area contributed by atoms with Crippen LogP contribution < -0.4 is 5.32 Å². The van der Waals surface area contributed by atoms with Crippen molar-refractivity contribution in [1.82, 2.24) is 15.1 Å². The maximum atomic E-state index is 4.67. The highest BCUT2D eigenvalue weighted by atomic mass is 15.3. The van der Waals surface area contributed by atoms with Gasteiger partial charge in [-0.15, -0.1) is 0 Å². The molecule has 0 spiro atoms. The van der Waals surface area contributed by atoms with E-state index in [9.17, 15) is 0 Å². The van der Waals surface area contributed by atoms with Gasteiger partial charge in [0.15, 0.2) is 0 Å². The molecule has 3 rings (SSSR count). The lowest BCUT2D eigenvalue weighted by molar-refractivity contribution is 0.354. The van der Waals surface area contributed by atoms with Gasteiger partial charge in [-0.3, -0.25) is 0 Å². The molecule has 1 aliphatic rings. The van der Waals surface area contributed by atoms with Crippen molar-refractivity contribution in [3.8, 4) is 5.69 Å². The maximum Gasteiger partial charge on any atom is 0.0766 e. The highest BCUT2D eigenvalue weighted by Gasteiger charge is 2.19. The molecule has 0 bridgehead atoms. The molecule has 1 aliphatic carbocycles. The number of aromatic nitrogens is 2. The van der Waals surface area contributed by atoms with Gasteiger partial charge in [0.05, 0.1) is 11.4 Å². The second kappa shape index (κ2) is 6.90. The minimum atomic E-state index is 0.648. The van der Waals surface area contributed by atoms with Crippen LogP contribution in [0.25, 0.3) is 5.69 Å². The van der Waals surface area contributed by atoms with Crippen LogP contribution in [-0.2, 0) is 6.54 Å². The lowest BCUT2D eigenvalue weighted by Crippen LogP contribution is -2.33. The van der Waals surface area contributed by atoms with Gasteiger partial charge in [-0.1, -0.05) is 44.4 Å². The number of para-hydroxylation sites is 1. The van der Waals surface area contributed by atoms with Gasteiger partial charge in [-0.25, -0.2) is 4.68 Å². The highest BCUT2D eigenvalue weighted by molar-refractivity contribution is 5.30. The number of nitrogens with zero attached hydrogens (tertiary/aromatic N) is 2. The zero-order valence-electron chi connectivity index (χ0n) is 12.8. The van der Waals surface area contributed by atoms with Crippen molar-refractivity contribution in [3.05, 3.63) is 48.3 Å². The summed E-state index contributed by atoms with van der Waals surface area (Å²) in [6.07, 6.45) is 8.85. The summed E-state index contributed by atoms with van der Waals surface area (Å²) in [5.41, 5.74) is 2.24. The molecular weight excluding hydrogens is 258 g/mol. The average Bonchev–Trinajstić information content (AvgIpc) is 2.90. The van der Waals surface area contributed by atoms with E-state index in [4.69, 9.17) is 0 Å². The number of hydrogen-bond donors (Lipinski definition) is 1. The Bertz CT molecular complexity index is 547. The zero-order chi connectivity index (χ0) is 14.5. The fourth-order valence-corrected chi connectivity index (χ4v) is 3.21.